The molecule has 0 fully saturated rings. The molecule has 1 heterocycles. The third kappa shape index (κ3) is 3.29. The molecule has 0 bridgehead atoms. The summed E-state index contributed by atoms with van der Waals surface area (Å²) in [5.74, 6) is 0.455. The van der Waals surface area contributed by atoms with Crippen molar-refractivity contribution in [3.05, 3.63) is 65.5 Å². The molecule has 1 unspecified atom stereocenters. The molecule has 22 heavy (non-hydrogen) atoms. The van der Waals surface area contributed by atoms with Gasteiger partial charge in [-0.1, -0.05) is 30.3 Å². The second-order valence-electron chi connectivity index (χ2n) is 5.66. The predicted molar refractivity (Wildman–Crippen MR) is 83.1 cm³/mol. The highest BCUT2D eigenvalue weighted by Gasteiger charge is 2.35. The summed E-state index contributed by atoms with van der Waals surface area (Å²) in [6.07, 6.45) is 1.93. The lowest BCUT2D eigenvalue weighted by molar-refractivity contribution is -0.0109. The maximum atomic E-state index is 13.3. The van der Waals surface area contributed by atoms with Gasteiger partial charge in [0.1, 0.15) is 11.6 Å². The van der Waals surface area contributed by atoms with Crippen molar-refractivity contribution in [2.45, 2.75) is 31.5 Å². The third-order valence-corrected chi connectivity index (χ3v) is 4.10. The van der Waals surface area contributed by atoms with E-state index >= 15 is 0 Å². The second-order valence-corrected chi connectivity index (χ2v) is 5.66. The molecule has 1 aliphatic heterocycles. The number of aliphatic hydroxyl groups excluding tert-OH is 1. The van der Waals surface area contributed by atoms with Crippen LogP contribution in [0.4, 0.5) is 4.39 Å². The van der Waals surface area contributed by atoms with Crippen molar-refractivity contribution in [2.75, 3.05) is 6.61 Å². The van der Waals surface area contributed by atoms with Gasteiger partial charge < -0.3 is 9.84 Å². The number of benzene rings is 2. The quantitative estimate of drug-likeness (QED) is 0.892. The molecule has 0 spiro atoms. The van der Waals surface area contributed by atoms with Crippen LogP contribution in [0.1, 0.15) is 24.0 Å². The molecule has 2 aromatic rings. The van der Waals surface area contributed by atoms with E-state index in [4.69, 9.17) is 4.74 Å². The van der Waals surface area contributed by atoms with Gasteiger partial charge in [0.15, 0.2) is 5.72 Å². The van der Waals surface area contributed by atoms with Crippen LogP contribution in [0.3, 0.4) is 0 Å². The van der Waals surface area contributed by atoms with Gasteiger partial charge in [0.25, 0.3) is 0 Å². The first-order valence-electron chi connectivity index (χ1n) is 7.58. The summed E-state index contributed by atoms with van der Waals surface area (Å²) in [6, 6.07) is 14.7. The molecular weight excluding hydrogens is 281 g/mol. The van der Waals surface area contributed by atoms with Gasteiger partial charge in [0.05, 0.1) is 0 Å². The van der Waals surface area contributed by atoms with Crippen LogP contribution in [-0.4, -0.2) is 17.4 Å². The summed E-state index contributed by atoms with van der Waals surface area (Å²) >= 11 is 0. The van der Waals surface area contributed by atoms with Gasteiger partial charge in [-0.2, -0.15) is 0 Å². The number of fused-ring (bicyclic) bond motifs is 1. The minimum atomic E-state index is -0.602. The lowest BCUT2D eigenvalue weighted by Crippen LogP contribution is -2.52. The molecular formula is C18H20FNO2. The van der Waals surface area contributed by atoms with E-state index in [2.05, 4.69) is 5.32 Å². The lowest BCUT2D eigenvalue weighted by atomic mass is 9.95. The van der Waals surface area contributed by atoms with E-state index in [-0.39, 0.29) is 12.4 Å². The molecule has 0 aliphatic carbocycles. The Bertz CT molecular complexity index is 632. The fourth-order valence-electron chi connectivity index (χ4n) is 2.87. The molecule has 0 radical (unpaired) electrons. The van der Waals surface area contributed by atoms with E-state index < -0.39 is 5.72 Å². The number of nitrogens with one attached hydrogen (secondary N) is 1. The molecule has 1 atom stereocenters. The van der Waals surface area contributed by atoms with E-state index in [1.54, 1.807) is 6.07 Å². The summed E-state index contributed by atoms with van der Waals surface area (Å²) in [4.78, 5) is 0. The summed E-state index contributed by atoms with van der Waals surface area (Å²) in [6.45, 7) is 0.704. The minimum absolute atomic E-state index is 0.0400. The number of aryl methyl sites for hydroxylation is 1. The Balaban J connectivity index is 1.76. The van der Waals surface area contributed by atoms with Crippen LogP contribution in [0.25, 0.3) is 0 Å². The van der Waals surface area contributed by atoms with E-state index in [0.717, 1.165) is 17.5 Å². The van der Waals surface area contributed by atoms with Crippen molar-refractivity contribution >= 4 is 0 Å². The highest BCUT2D eigenvalue weighted by molar-refractivity contribution is 5.36. The van der Waals surface area contributed by atoms with Crippen LogP contribution in [0.15, 0.2) is 48.5 Å². The Labute approximate surface area is 129 Å². The van der Waals surface area contributed by atoms with Gasteiger partial charge >= 0.3 is 0 Å². The number of hydrogen-bond acceptors (Lipinski definition) is 3. The smallest absolute Gasteiger partial charge is 0.163 e. The van der Waals surface area contributed by atoms with Crippen molar-refractivity contribution in [1.82, 2.24) is 5.32 Å². The van der Waals surface area contributed by atoms with E-state index in [9.17, 15) is 9.50 Å². The van der Waals surface area contributed by atoms with Crippen molar-refractivity contribution in [3.63, 3.8) is 0 Å². The average Bonchev–Trinajstić information content (AvgIpc) is 2.55. The van der Waals surface area contributed by atoms with Crippen LogP contribution in [0.5, 0.6) is 5.75 Å². The first kappa shape index (κ1) is 15.0. The highest BCUT2D eigenvalue weighted by atomic mass is 19.1. The fraction of sp³-hybridized carbons (Fsp3) is 0.333. The Kier molecular flexibility index (Phi) is 4.41. The predicted octanol–water partition coefficient (Wildman–Crippen LogP) is 3.02. The maximum Gasteiger partial charge on any atom is 0.163 e. The fourth-order valence-corrected chi connectivity index (χ4v) is 2.87. The molecule has 4 heteroatoms. The summed E-state index contributed by atoms with van der Waals surface area (Å²) in [5.41, 5.74) is 1.44. The van der Waals surface area contributed by atoms with Crippen LogP contribution < -0.4 is 10.1 Å². The maximum absolute atomic E-state index is 13.3. The van der Waals surface area contributed by atoms with Gasteiger partial charge in [-0.3, -0.25) is 5.32 Å². The van der Waals surface area contributed by atoms with Crippen molar-refractivity contribution in [1.29, 1.82) is 0 Å². The lowest BCUT2D eigenvalue weighted by Gasteiger charge is -2.39. The molecule has 1 aliphatic rings. The number of rotatable bonds is 5. The van der Waals surface area contributed by atoms with Crippen molar-refractivity contribution < 1.29 is 14.2 Å². The molecule has 0 aromatic heterocycles. The normalized spacial score (nSPS) is 20.3. The van der Waals surface area contributed by atoms with E-state index in [1.807, 2.05) is 30.3 Å². The summed E-state index contributed by atoms with van der Waals surface area (Å²) in [5, 5.41) is 12.8. The molecule has 3 nitrogen and oxygen atoms in total. The second kappa shape index (κ2) is 6.46. The molecule has 0 saturated heterocycles. The van der Waals surface area contributed by atoms with Gasteiger partial charge in [-0.15, -0.1) is 0 Å². The topological polar surface area (TPSA) is 41.5 Å². The number of aliphatic hydroxyl groups is 1. The van der Waals surface area contributed by atoms with Gasteiger partial charge in [-0.05, 0) is 35.7 Å². The first-order chi connectivity index (χ1) is 10.7. The molecule has 2 N–H and O–H groups in total. The zero-order chi connectivity index (χ0) is 15.4. The Morgan fingerprint density at radius 3 is 2.77 bits per heavy atom. The SMILES string of the molecule is OCCC1(NCc2ccccc2)CCc2cc(F)ccc2O1. The standard InChI is InChI=1S/C18H20FNO2/c19-16-6-7-17-15(12-16)8-9-18(22-17,10-11-21)20-13-14-4-2-1-3-5-14/h1-7,12,20-21H,8-11,13H2. The largest absolute Gasteiger partial charge is 0.472 e. The monoisotopic (exact) mass is 301 g/mol. The van der Waals surface area contributed by atoms with Crippen molar-refractivity contribution in [2.24, 2.45) is 0 Å². The summed E-state index contributed by atoms with van der Waals surface area (Å²) < 4.78 is 19.4. The van der Waals surface area contributed by atoms with Crippen LogP contribution in [0, 0.1) is 5.82 Å². The summed E-state index contributed by atoms with van der Waals surface area (Å²) in [7, 11) is 0. The highest BCUT2D eigenvalue weighted by Crippen LogP contribution is 2.34. The minimum Gasteiger partial charge on any atom is -0.472 e. The van der Waals surface area contributed by atoms with Crippen LogP contribution in [-0.2, 0) is 13.0 Å². The third-order valence-electron chi connectivity index (χ3n) is 4.10. The van der Waals surface area contributed by atoms with E-state index in [0.29, 0.717) is 25.1 Å². The van der Waals surface area contributed by atoms with Crippen LogP contribution >= 0.6 is 0 Å². The number of halogens is 1. The Morgan fingerprint density at radius 2 is 2.00 bits per heavy atom. The molecule has 0 amide bonds. The van der Waals surface area contributed by atoms with E-state index in [1.165, 1.54) is 12.1 Å². The van der Waals surface area contributed by atoms with Crippen molar-refractivity contribution in [3.8, 4) is 5.75 Å². The van der Waals surface area contributed by atoms with Crippen LogP contribution in [0.2, 0.25) is 0 Å². The van der Waals surface area contributed by atoms with Gasteiger partial charge in [0.2, 0.25) is 0 Å². The average molecular weight is 301 g/mol. The molecule has 2 aromatic carbocycles. The first-order valence-corrected chi connectivity index (χ1v) is 7.58. The Morgan fingerprint density at radius 1 is 1.18 bits per heavy atom. The zero-order valence-corrected chi connectivity index (χ0v) is 12.4. The Hall–Kier alpha value is -1.91. The molecule has 0 saturated carbocycles. The number of hydrogen-bond donors (Lipinski definition) is 2. The number of ether oxygens (including phenoxy) is 1. The van der Waals surface area contributed by atoms with Gasteiger partial charge in [0, 0.05) is 26.0 Å². The zero-order valence-electron chi connectivity index (χ0n) is 12.4. The van der Waals surface area contributed by atoms with Gasteiger partial charge in [-0.25, -0.2) is 4.39 Å². The molecule has 116 valence electrons. The molecule has 3 rings (SSSR count).